The van der Waals surface area contributed by atoms with Crippen LogP contribution in [0.25, 0.3) is 11.0 Å². The maximum absolute atomic E-state index is 4.75. The second kappa shape index (κ2) is 4.73. The highest BCUT2D eigenvalue weighted by Crippen LogP contribution is 2.27. The lowest BCUT2D eigenvalue weighted by atomic mass is 10.3. The van der Waals surface area contributed by atoms with E-state index in [0.29, 0.717) is 6.04 Å². The van der Waals surface area contributed by atoms with Crippen LogP contribution in [0.1, 0.15) is 38.6 Å². The van der Waals surface area contributed by atoms with Crippen LogP contribution in [-0.2, 0) is 6.54 Å². The Morgan fingerprint density at radius 3 is 2.83 bits per heavy atom. The quantitative estimate of drug-likeness (QED) is 0.874. The van der Waals surface area contributed by atoms with Crippen LogP contribution in [0.2, 0.25) is 0 Å². The molecule has 3 nitrogen and oxygen atoms in total. The maximum Gasteiger partial charge on any atom is 0.124 e. The van der Waals surface area contributed by atoms with E-state index in [0.717, 1.165) is 30.3 Å². The van der Waals surface area contributed by atoms with E-state index >= 15 is 0 Å². The van der Waals surface area contributed by atoms with Gasteiger partial charge in [-0.3, -0.25) is 0 Å². The topological polar surface area (TPSA) is 29.9 Å². The van der Waals surface area contributed by atoms with Gasteiger partial charge in [-0.1, -0.05) is 12.1 Å². The van der Waals surface area contributed by atoms with Crippen molar-refractivity contribution >= 4 is 11.0 Å². The molecule has 0 unspecified atom stereocenters. The van der Waals surface area contributed by atoms with Crippen molar-refractivity contribution in [3.05, 3.63) is 30.1 Å². The monoisotopic (exact) mass is 243 g/mol. The van der Waals surface area contributed by atoms with Crippen LogP contribution in [0.5, 0.6) is 0 Å². The average Bonchev–Trinajstić information content (AvgIpc) is 3.08. The van der Waals surface area contributed by atoms with Gasteiger partial charge in [0.2, 0.25) is 0 Å². The Bertz CT molecular complexity index is 538. The number of rotatable bonds is 5. The average molecular weight is 243 g/mol. The summed E-state index contributed by atoms with van der Waals surface area (Å²) in [5.41, 5.74) is 2.35. The van der Waals surface area contributed by atoms with Gasteiger partial charge in [0.25, 0.3) is 0 Å². The highest BCUT2D eigenvalue weighted by molar-refractivity contribution is 5.76. The van der Waals surface area contributed by atoms with E-state index in [1.165, 1.54) is 18.4 Å². The summed E-state index contributed by atoms with van der Waals surface area (Å²) in [6.45, 7) is 6.46. The summed E-state index contributed by atoms with van der Waals surface area (Å²) in [7, 11) is 0. The Morgan fingerprint density at radius 1 is 1.33 bits per heavy atom. The number of nitrogens with zero attached hydrogens (tertiary/aromatic N) is 2. The van der Waals surface area contributed by atoms with Gasteiger partial charge in [-0.05, 0) is 51.3 Å². The fourth-order valence-corrected chi connectivity index (χ4v) is 2.51. The molecule has 1 saturated carbocycles. The first-order valence-electron chi connectivity index (χ1n) is 6.92. The van der Waals surface area contributed by atoms with Crippen LogP contribution in [0.3, 0.4) is 0 Å². The van der Waals surface area contributed by atoms with E-state index in [4.69, 9.17) is 4.98 Å². The summed E-state index contributed by atoms with van der Waals surface area (Å²) in [6, 6.07) is 8.85. The molecule has 1 N–H and O–H groups in total. The van der Waals surface area contributed by atoms with Crippen molar-refractivity contribution in [3.8, 4) is 0 Å². The van der Waals surface area contributed by atoms with Gasteiger partial charge in [-0.2, -0.15) is 0 Å². The first-order chi connectivity index (χ1) is 8.75. The molecule has 3 rings (SSSR count). The molecule has 0 saturated heterocycles. The van der Waals surface area contributed by atoms with E-state index in [1.807, 2.05) is 0 Å². The SMILES string of the molecule is CC(C)n1c(CNCC2CC2)nc2ccccc21. The summed E-state index contributed by atoms with van der Waals surface area (Å²) in [5, 5.41) is 3.54. The molecule has 1 aromatic heterocycles. The van der Waals surface area contributed by atoms with Crippen LogP contribution in [0.15, 0.2) is 24.3 Å². The van der Waals surface area contributed by atoms with Gasteiger partial charge in [0.05, 0.1) is 17.6 Å². The van der Waals surface area contributed by atoms with Crippen molar-refractivity contribution in [1.82, 2.24) is 14.9 Å². The molecule has 96 valence electrons. The molecule has 0 bridgehead atoms. The molecular formula is C15H21N3. The zero-order chi connectivity index (χ0) is 12.5. The molecule has 1 aliphatic carbocycles. The fourth-order valence-electron chi connectivity index (χ4n) is 2.51. The van der Waals surface area contributed by atoms with Crippen LogP contribution in [0.4, 0.5) is 0 Å². The Hall–Kier alpha value is -1.35. The Morgan fingerprint density at radius 2 is 2.11 bits per heavy atom. The zero-order valence-corrected chi connectivity index (χ0v) is 11.2. The number of nitrogens with one attached hydrogen (secondary N) is 1. The molecular weight excluding hydrogens is 222 g/mol. The number of imidazole rings is 1. The lowest BCUT2D eigenvalue weighted by Crippen LogP contribution is -2.20. The lowest BCUT2D eigenvalue weighted by molar-refractivity contribution is 0.545. The Kier molecular flexibility index (Phi) is 3.08. The predicted octanol–water partition coefficient (Wildman–Crippen LogP) is 3.12. The molecule has 1 fully saturated rings. The molecule has 0 aliphatic heterocycles. The summed E-state index contributed by atoms with van der Waals surface area (Å²) < 4.78 is 2.34. The third kappa shape index (κ3) is 2.27. The van der Waals surface area contributed by atoms with Gasteiger partial charge in [0.15, 0.2) is 0 Å². The standard InChI is InChI=1S/C15H21N3/c1-11(2)18-14-6-4-3-5-13(14)17-15(18)10-16-9-12-7-8-12/h3-6,11-12,16H,7-10H2,1-2H3. The molecule has 0 atom stereocenters. The second-order valence-corrected chi connectivity index (χ2v) is 5.55. The van der Waals surface area contributed by atoms with Crippen molar-refractivity contribution < 1.29 is 0 Å². The molecule has 2 aromatic rings. The van der Waals surface area contributed by atoms with Gasteiger partial charge in [0.1, 0.15) is 5.82 Å². The van der Waals surface area contributed by atoms with Gasteiger partial charge in [0, 0.05) is 6.04 Å². The summed E-state index contributed by atoms with van der Waals surface area (Å²) in [4.78, 5) is 4.75. The van der Waals surface area contributed by atoms with E-state index in [1.54, 1.807) is 0 Å². The minimum Gasteiger partial charge on any atom is -0.324 e. The minimum absolute atomic E-state index is 0.454. The highest BCUT2D eigenvalue weighted by atomic mass is 15.1. The van der Waals surface area contributed by atoms with Gasteiger partial charge >= 0.3 is 0 Å². The predicted molar refractivity (Wildman–Crippen MR) is 74.5 cm³/mol. The number of aromatic nitrogens is 2. The van der Waals surface area contributed by atoms with Crippen LogP contribution >= 0.6 is 0 Å². The molecule has 0 amide bonds. The molecule has 3 heteroatoms. The molecule has 1 aliphatic rings. The van der Waals surface area contributed by atoms with E-state index in [2.05, 4.69) is 48.0 Å². The molecule has 18 heavy (non-hydrogen) atoms. The number of benzene rings is 1. The lowest BCUT2D eigenvalue weighted by Gasteiger charge is -2.13. The Labute approximate surface area is 108 Å². The maximum atomic E-state index is 4.75. The fraction of sp³-hybridized carbons (Fsp3) is 0.533. The van der Waals surface area contributed by atoms with Gasteiger partial charge in [-0.25, -0.2) is 4.98 Å². The number of hydrogen-bond acceptors (Lipinski definition) is 2. The van der Waals surface area contributed by atoms with Crippen LogP contribution in [0, 0.1) is 5.92 Å². The van der Waals surface area contributed by atoms with E-state index in [9.17, 15) is 0 Å². The van der Waals surface area contributed by atoms with Crippen molar-refractivity contribution in [2.45, 2.75) is 39.3 Å². The number of para-hydroxylation sites is 2. The molecule has 0 radical (unpaired) electrons. The summed E-state index contributed by atoms with van der Waals surface area (Å²) >= 11 is 0. The van der Waals surface area contributed by atoms with Crippen LogP contribution in [-0.4, -0.2) is 16.1 Å². The first-order valence-corrected chi connectivity index (χ1v) is 6.92. The smallest absolute Gasteiger partial charge is 0.124 e. The van der Waals surface area contributed by atoms with E-state index < -0.39 is 0 Å². The largest absolute Gasteiger partial charge is 0.324 e. The van der Waals surface area contributed by atoms with Gasteiger partial charge < -0.3 is 9.88 Å². The van der Waals surface area contributed by atoms with Crippen molar-refractivity contribution in [1.29, 1.82) is 0 Å². The van der Waals surface area contributed by atoms with Gasteiger partial charge in [-0.15, -0.1) is 0 Å². The van der Waals surface area contributed by atoms with Crippen molar-refractivity contribution in [2.24, 2.45) is 5.92 Å². The zero-order valence-electron chi connectivity index (χ0n) is 11.2. The minimum atomic E-state index is 0.454. The van der Waals surface area contributed by atoms with Crippen molar-refractivity contribution in [3.63, 3.8) is 0 Å². The number of fused-ring (bicyclic) bond motifs is 1. The third-order valence-corrected chi connectivity index (χ3v) is 3.60. The molecule has 0 spiro atoms. The summed E-state index contributed by atoms with van der Waals surface area (Å²) in [6.07, 6.45) is 2.79. The number of hydrogen-bond donors (Lipinski definition) is 1. The van der Waals surface area contributed by atoms with Crippen molar-refractivity contribution in [2.75, 3.05) is 6.54 Å². The molecule has 1 aromatic carbocycles. The normalized spacial score (nSPS) is 15.7. The second-order valence-electron chi connectivity index (χ2n) is 5.55. The molecule has 1 heterocycles. The first kappa shape index (κ1) is 11.7. The third-order valence-electron chi connectivity index (χ3n) is 3.60. The Balaban J connectivity index is 1.86. The van der Waals surface area contributed by atoms with E-state index in [-0.39, 0.29) is 0 Å². The van der Waals surface area contributed by atoms with Crippen LogP contribution < -0.4 is 5.32 Å². The highest BCUT2D eigenvalue weighted by Gasteiger charge is 2.21. The summed E-state index contributed by atoms with van der Waals surface area (Å²) in [5.74, 6) is 2.08.